The van der Waals surface area contributed by atoms with Gasteiger partial charge >= 0.3 is 0 Å². The lowest BCUT2D eigenvalue weighted by molar-refractivity contribution is -1.02. The van der Waals surface area contributed by atoms with Gasteiger partial charge in [-0.15, -0.1) is 0 Å². The monoisotopic (exact) mass is 531 g/mol. The minimum absolute atomic E-state index is 0. The van der Waals surface area contributed by atoms with Gasteiger partial charge in [0.2, 0.25) is 0 Å². The van der Waals surface area contributed by atoms with Gasteiger partial charge in [0.05, 0.1) is 30.2 Å². The molecule has 0 atom stereocenters. The highest BCUT2D eigenvalue weighted by Gasteiger charge is 2.27. The Balaban J connectivity index is 0.00000128. The molecule has 2 aromatic rings. The molecule has 5 rings (SSSR count). The molecule has 0 amide bonds. The number of pyridine rings is 1. The molecule has 5 nitrogen and oxygen atoms in total. The fourth-order valence-corrected chi connectivity index (χ4v) is 6.38. The second kappa shape index (κ2) is 14.0. The Morgan fingerprint density at radius 2 is 1.33 bits per heavy atom. The second-order valence-corrected chi connectivity index (χ2v) is 10.2. The first-order chi connectivity index (χ1) is 14.9. The third-order valence-corrected chi connectivity index (χ3v) is 8.21. The molecule has 1 aromatic carbocycles. The van der Waals surface area contributed by atoms with Gasteiger partial charge in [-0.25, -0.2) is 4.98 Å². The summed E-state index contributed by atoms with van der Waals surface area (Å²) < 4.78 is 0. The zero-order chi connectivity index (χ0) is 20.2. The van der Waals surface area contributed by atoms with E-state index < -0.39 is 0 Å². The summed E-state index contributed by atoms with van der Waals surface area (Å²) in [6, 6.07) is 13.0. The number of nitrogens with zero attached hydrogens (tertiary/aromatic N) is 2. The standard InChI is InChI=1S/C24H33N5S.3ClH/c1-2-8-22-21(7-1)29(24-23(30-22)9-5-10-25-24)14-6-13-27-16-19-28(20-17-27)18-15-26-11-3-4-12-26;;;/h1-2,5,7-10H,3-4,6,11-20H2;3*1H. The van der Waals surface area contributed by atoms with Gasteiger partial charge in [0.1, 0.15) is 45.1 Å². The SMILES string of the molecule is [Cl-].[Cl-].[Cl-].c1ccc2c(c1)Sc1cccnc1N2CCC[NH+]1CC[NH+](CC[NH+]2CCCC2)CC1. The summed E-state index contributed by atoms with van der Waals surface area (Å²) in [6.45, 7) is 13.3. The van der Waals surface area contributed by atoms with Crippen molar-refractivity contribution in [3.8, 4) is 0 Å². The molecule has 3 aliphatic heterocycles. The van der Waals surface area contributed by atoms with Crippen LogP contribution in [0.1, 0.15) is 19.3 Å². The van der Waals surface area contributed by atoms with E-state index >= 15 is 0 Å². The van der Waals surface area contributed by atoms with Crippen LogP contribution in [0.5, 0.6) is 0 Å². The van der Waals surface area contributed by atoms with Crippen LogP contribution in [0, 0.1) is 0 Å². The number of fused-ring (bicyclic) bond motifs is 2. The Bertz CT molecular complexity index is 799. The first-order valence-corrected chi connectivity index (χ1v) is 12.7. The number of quaternary nitrogens is 3. The summed E-state index contributed by atoms with van der Waals surface area (Å²) in [4.78, 5) is 15.3. The molecule has 0 spiro atoms. The number of halogens is 3. The Kier molecular flexibility index (Phi) is 12.1. The number of rotatable bonds is 7. The van der Waals surface area contributed by atoms with E-state index in [1.807, 2.05) is 27.8 Å². The highest BCUT2D eigenvalue weighted by molar-refractivity contribution is 7.99. The number of hydrogen-bond acceptors (Lipinski definition) is 3. The van der Waals surface area contributed by atoms with Crippen molar-refractivity contribution in [2.75, 3.05) is 70.3 Å². The van der Waals surface area contributed by atoms with E-state index in [2.05, 4.69) is 41.3 Å². The van der Waals surface area contributed by atoms with E-state index in [9.17, 15) is 0 Å². The Morgan fingerprint density at radius 1 is 0.727 bits per heavy atom. The van der Waals surface area contributed by atoms with E-state index in [4.69, 9.17) is 4.98 Å². The van der Waals surface area contributed by atoms with E-state index in [-0.39, 0.29) is 37.2 Å². The molecule has 0 aliphatic carbocycles. The number of nitrogens with one attached hydrogen (secondary N) is 3. The molecule has 2 saturated heterocycles. The van der Waals surface area contributed by atoms with Gasteiger partial charge in [-0.3, -0.25) is 0 Å². The van der Waals surface area contributed by atoms with Crippen molar-refractivity contribution >= 4 is 23.3 Å². The second-order valence-electron chi connectivity index (χ2n) is 9.11. The van der Waals surface area contributed by atoms with Crippen LogP contribution in [-0.4, -0.2) is 70.4 Å². The van der Waals surface area contributed by atoms with Crippen LogP contribution in [0.4, 0.5) is 11.5 Å². The van der Waals surface area contributed by atoms with Gasteiger partial charge in [0.25, 0.3) is 0 Å². The molecule has 4 heterocycles. The van der Waals surface area contributed by atoms with E-state index in [1.165, 1.54) is 93.6 Å². The van der Waals surface area contributed by atoms with E-state index in [0.717, 1.165) is 12.4 Å². The van der Waals surface area contributed by atoms with Crippen molar-refractivity contribution in [2.24, 2.45) is 0 Å². The van der Waals surface area contributed by atoms with Crippen molar-refractivity contribution in [3.63, 3.8) is 0 Å². The van der Waals surface area contributed by atoms with Crippen molar-refractivity contribution in [2.45, 2.75) is 29.1 Å². The molecular formula is C24H36Cl3N5S. The summed E-state index contributed by atoms with van der Waals surface area (Å²) in [7, 11) is 0. The number of likely N-dealkylation sites (tertiary alicyclic amines) is 1. The maximum absolute atomic E-state index is 4.72. The molecule has 0 bridgehead atoms. The number of piperazine rings is 1. The number of anilines is 2. The molecular weight excluding hydrogens is 497 g/mol. The molecule has 2 fully saturated rings. The predicted molar refractivity (Wildman–Crippen MR) is 122 cm³/mol. The summed E-state index contributed by atoms with van der Waals surface area (Å²) in [5.74, 6) is 1.13. The number of para-hydroxylation sites is 1. The Labute approximate surface area is 221 Å². The maximum atomic E-state index is 4.72. The minimum Gasteiger partial charge on any atom is -1.00 e. The Hall–Kier alpha value is -0.730. The van der Waals surface area contributed by atoms with Crippen LogP contribution in [0.3, 0.4) is 0 Å². The fourth-order valence-electron chi connectivity index (χ4n) is 5.31. The Morgan fingerprint density at radius 3 is 2.06 bits per heavy atom. The van der Waals surface area contributed by atoms with Gasteiger partial charge < -0.3 is 56.8 Å². The van der Waals surface area contributed by atoms with Gasteiger partial charge in [-0.1, -0.05) is 23.9 Å². The average molecular weight is 533 g/mol. The molecule has 9 heteroatoms. The first-order valence-electron chi connectivity index (χ1n) is 11.9. The zero-order valence-electron chi connectivity index (χ0n) is 19.2. The third-order valence-electron chi connectivity index (χ3n) is 7.10. The van der Waals surface area contributed by atoms with Crippen molar-refractivity contribution in [1.29, 1.82) is 0 Å². The van der Waals surface area contributed by atoms with Crippen LogP contribution in [0.15, 0.2) is 52.4 Å². The number of hydrogen-bond donors (Lipinski definition) is 3. The zero-order valence-corrected chi connectivity index (χ0v) is 22.3. The summed E-state index contributed by atoms with van der Waals surface area (Å²) in [5, 5.41) is 0. The lowest BCUT2D eigenvalue weighted by Gasteiger charge is -2.33. The van der Waals surface area contributed by atoms with Gasteiger partial charge in [-0.2, -0.15) is 0 Å². The van der Waals surface area contributed by atoms with Crippen LogP contribution < -0.4 is 56.8 Å². The van der Waals surface area contributed by atoms with Crippen LogP contribution in [-0.2, 0) is 0 Å². The summed E-state index contributed by atoms with van der Waals surface area (Å²) in [6.07, 6.45) is 6.04. The summed E-state index contributed by atoms with van der Waals surface area (Å²) >= 11 is 1.85. The highest BCUT2D eigenvalue weighted by atomic mass is 35.5. The van der Waals surface area contributed by atoms with Gasteiger partial charge in [0.15, 0.2) is 0 Å². The molecule has 3 N–H and O–H groups in total. The normalized spacial score (nSPS) is 21.8. The van der Waals surface area contributed by atoms with Crippen LogP contribution in [0.25, 0.3) is 0 Å². The molecule has 0 radical (unpaired) electrons. The topological polar surface area (TPSA) is 29.5 Å². The first kappa shape index (κ1) is 28.5. The quantitative estimate of drug-likeness (QED) is 0.331. The fraction of sp³-hybridized carbons (Fsp3) is 0.542. The van der Waals surface area contributed by atoms with Crippen LogP contribution >= 0.6 is 11.8 Å². The molecule has 0 saturated carbocycles. The van der Waals surface area contributed by atoms with Crippen molar-refractivity contribution in [1.82, 2.24) is 4.98 Å². The third kappa shape index (κ3) is 7.14. The lowest BCUT2D eigenvalue weighted by atomic mass is 10.2. The summed E-state index contributed by atoms with van der Waals surface area (Å²) in [5.41, 5.74) is 1.32. The molecule has 3 aliphatic rings. The van der Waals surface area contributed by atoms with Crippen molar-refractivity contribution < 1.29 is 51.9 Å². The number of benzene rings is 1. The average Bonchev–Trinajstić information content (AvgIpc) is 3.32. The van der Waals surface area contributed by atoms with E-state index in [1.54, 1.807) is 4.90 Å². The molecule has 33 heavy (non-hydrogen) atoms. The minimum atomic E-state index is 0. The molecule has 184 valence electrons. The van der Waals surface area contributed by atoms with Gasteiger partial charge in [-0.05, 0) is 24.3 Å². The maximum Gasteiger partial charge on any atom is 0.147 e. The highest BCUT2D eigenvalue weighted by Crippen LogP contribution is 2.46. The molecule has 0 unspecified atom stereocenters. The lowest BCUT2D eigenvalue weighted by Crippen LogP contribution is -3.29. The van der Waals surface area contributed by atoms with Gasteiger partial charge in [0, 0.05) is 36.9 Å². The largest absolute Gasteiger partial charge is 1.00 e. The predicted octanol–water partition coefficient (Wildman–Crippen LogP) is -9.45. The smallest absolute Gasteiger partial charge is 0.147 e. The van der Waals surface area contributed by atoms with E-state index in [0.29, 0.717) is 0 Å². The molecule has 1 aromatic heterocycles. The van der Waals surface area contributed by atoms with Crippen LogP contribution in [0.2, 0.25) is 0 Å². The van der Waals surface area contributed by atoms with Crippen molar-refractivity contribution in [3.05, 3.63) is 42.6 Å². The number of aromatic nitrogens is 1.